The Morgan fingerprint density at radius 2 is 2.20 bits per heavy atom. The van der Waals surface area contributed by atoms with Gasteiger partial charge in [0.2, 0.25) is 0 Å². The lowest BCUT2D eigenvalue weighted by atomic mass is 10.00. The molecule has 0 saturated carbocycles. The van der Waals surface area contributed by atoms with Crippen molar-refractivity contribution in [1.29, 1.82) is 0 Å². The lowest BCUT2D eigenvalue weighted by Crippen LogP contribution is -3.12. The molecular formula is C14H19N4O2+. The van der Waals surface area contributed by atoms with Gasteiger partial charge in [-0.15, -0.1) is 0 Å². The van der Waals surface area contributed by atoms with Crippen molar-refractivity contribution in [2.75, 3.05) is 13.1 Å². The zero-order chi connectivity index (χ0) is 14.1. The van der Waals surface area contributed by atoms with Gasteiger partial charge in [0, 0.05) is 17.5 Å². The van der Waals surface area contributed by atoms with Gasteiger partial charge in [-0.3, -0.25) is 10.1 Å². The molecule has 1 aliphatic rings. The van der Waals surface area contributed by atoms with Crippen LogP contribution in [0.5, 0.6) is 0 Å². The standard InChI is InChI=1S/C14H18N4O2/c1-11-4-6-16(7-5-11)10-17-14-8-13(18(19)20)3-2-12(14)9-15-17/h2-3,8-9,11H,4-7,10H2,1H3/p+1. The Morgan fingerprint density at radius 3 is 2.90 bits per heavy atom. The molecule has 3 rings (SSSR count). The zero-order valence-corrected chi connectivity index (χ0v) is 11.6. The topological polar surface area (TPSA) is 65.4 Å². The van der Waals surface area contributed by atoms with Crippen LogP contribution < -0.4 is 4.90 Å². The number of benzene rings is 1. The molecule has 0 atom stereocenters. The monoisotopic (exact) mass is 275 g/mol. The van der Waals surface area contributed by atoms with Crippen LogP contribution in [0.4, 0.5) is 5.69 Å². The van der Waals surface area contributed by atoms with E-state index >= 15 is 0 Å². The van der Waals surface area contributed by atoms with E-state index in [1.54, 1.807) is 18.3 Å². The number of nitro benzene ring substituents is 1. The molecule has 0 amide bonds. The van der Waals surface area contributed by atoms with Gasteiger partial charge in [0.05, 0.1) is 29.7 Å². The predicted molar refractivity (Wildman–Crippen MR) is 75.5 cm³/mol. The summed E-state index contributed by atoms with van der Waals surface area (Å²) < 4.78 is 1.90. The summed E-state index contributed by atoms with van der Waals surface area (Å²) in [6.07, 6.45) is 4.27. The molecule has 0 aliphatic carbocycles. The van der Waals surface area contributed by atoms with Crippen molar-refractivity contribution in [3.05, 3.63) is 34.5 Å². The highest BCUT2D eigenvalue weighted by Crippen LogP contribution is 2.20. The molecule has 2 aromatic rings. The second-order valence-corrected chi connectivity index (χ2v) is 5.73. The Bertz CT molecular complexity index is 629. The summed E-state index contributed by atoms with van der Waals surface area (Å²) in [5, 5.41) is 16.2. The molecule has 6 heteroatoms. The SMILES string of the molecule is CC1CC[NH+](Cn2ncc3ccc([N+](=O)[O-])cc32)CC1. The third-order valence-electron chi connectivity index (χ3n) is 4.19. The first-order valence-electron chi connectivity index (χ1n) is 7.07. The number of nitro groups is 1. The number of nitrogens with zero attached hydrogens (tertiary/aromatic N) is 3. The van der Waals surface area contributed by atoms with E-state index in [0.717, 1.165) is 36.6 Å². The first-order chi connectivity index (χ1) is 9.63. The van der Waals surface area contributed by atoms with Crippen LogP contribution in [0.15, 0.2) is 24.4 Å². The van der Waals surface area contributed by atoms with E-state index in [9.17, 15) is 10.1 Å². The summed E-state index contributed by atoms with van der Waals surface area (Å²) in [6.45, 7) is 5.38. The van der Waals surface area contributed by atoms with Crippen molar-refractivity contribution in [1.82, 2.24) is 9.78 Å². The molecule has 1 fully saturated rings. The number of rotatable bonds is 3. The zero-order valence-electron chi connectivity index (χ0n) is 11.6. The molecule has 1 aromatic heterocycles. The summed E-state index contributed by atoms with van der Waals surface area (Å²) >= 11 is 0. The number of non-ortho nitro benzene ring substituents is 1. The number of aromatic nitrogens is 2. The Hall–Kier alpha value is -1.95. The fraction of sp³-hybridized carbons (Fsp3) is 0.500. The lowest BCUT2D eigenvalue weighted by molar-refractivity contribution is -0.928. The van der Waals surface area contributed by atoms with Gasteiger partial charge in [-0.25, -0.2) is 4.68 Å². The largest absolute Gasteiger partial charge is 0.316 e. The van der Waals surface area contributed by atoms with Gasteiger partial charge < -0.3 is 4.90 Å². The number of fused-ring (bicyclic) bond motifs is 1. The van der Waals surface area contributed by atoms with Crippen molar-refractivity contribution in [2.24, 2.45) is 5.92 Å². The lowest BCUT2D eigenvalue weighted by Gasteiger charge is -2.27. The highest BCUT2D eigenvalue weighted by molar-refractivity contribution is 5.80. The number of hydrogen-bond acceptors (Lipinski definition) is 3. The van der Waals surface area contributed by atoms with Gasteiger partial charge in [0.1, 0.15) is 0 Å². The normalized spacial score (nSPS) is 23.1. The number of nitrogens with one attached hydrogen (secondary N) is 1. The maximum Gasteiger partial charge on any atom is 0.271 e. The van der Waals surface area contributed by atoms with Crippen LogP contribution in [-0.4, -0.2) is 27.8 Å². The van der Waals surface area contributed by atoms with Gasteiger partial charge in [0.25, 0.3) is 5.69 Å². The minimum Gasteiger partial charge on any atom is -0.316 e. The molecule has 0 spiro atoms. The van der Waals surface area contributed by atoms with Crippen LogP contribution in [0.2, 0.25) is 0 Å². The number of hydrogen-bond donors (Lipinski definition) is 1. The molecular weight excluding hydrogens is 256 g/mol. The van der Waals surface area contributed by atoms with E-state index in [2.05, 4.69) is 12.0 Å². The van der Waals surface area contributed by atoms with Gasteiger partial charge in [0.15, 0.2) is 6.67 Å². The van der Waals surface area contributed by atoms with Gasteiger partial charge in [-0.05, 0) is 24.8 Å². The van der Waals surface area contributed by atoms with Crippen LogP contribution >= 0.6 is 0 Å². The molecule has 0 radical (unpaired) electrons. The first-order valence-corrected chi connectivity index (χ1v) is 7.07. The van der Waals surface area contributed by atoms with E-state index in [-0.39, 0.29) is 10.6 Å². The minimum absolute atomic E-state index is 0.126. The molecule has 1 aliphatic heterocycles. The van der Waals surface area contributed by atoms with E-state index in [0.29, 0.717) is 0 Å². The molecule has 0 unspecified atom stereocenters. The van der Waals surface area contributed by atoms with Crippen LogP contribution in [0.25, 0.3) is 10.9 Å². The van der Waals surface area contributed by atoms with Crippen molar-refractivity contribution in [3.8, 4) is 0 Å². The summed E-state index contributed by atoms with van der Waals surface area (Å²) in [4.78, 5) is 12.0. The van der Waals surface area contributed by atoms with Gasteiger partial charge >= 0.3 is 0 Å². The second-order valence-electron chi connectivity index (χ2n) is 5.73. The Kier molecular flexibility index (Phi) is 3.40. The quantitative estimate of drug-likeness (QED) is 0.676. The summed E-state index contributed by atoms with van der Waals surface area (Å²) in [5.74, 6) is 0.814. The molecule has 1 N–H and O–H groups in total. The van der Waals surface area contributed by atoms with E-state index in [1.807, 2.05) is 4.68 Å². The predicted octanol–water partition coefficient (Wildman–Crippen LogP) is 1.22. The van der Waals surface area contributed by atoms with Crippen LogP contribution in [0.1, 0.15) is 19.8 Å². The molecule has 20 heavy (non-hydrogen) atoms. The molecule has 1 aromatic carbocycles. The van der Waals surface area contributed by atoms with E-state index in [4.69, 9.17) is 0 Å². The molecule has 106 valence electrons. The highest BCUT2D eigenvalue weighted by atomic mass is 16.6. The second kappa shape index (κ2) is 5.20. The molecule has 2 heterocycles. The maximum absolute atomic E-state index is 10.9. The fourth-order valence-corrected chi connectivity index (χ4v) is 2.84. The van der Waals surface area contributed by atoms with Crippen LogP contribution in [-0.2, 0) is 6.67 Å². The fourth-order valence-electron chi connectivity index (χ4n) is 2.84. The molecule has 6 nitrogen and oxygen atoms in total. The smallest absolute Gasteiger partial charge is 0.271 e. The first kappa shape index (κ1) is 13.1. The van der Waals surface area contributed by atoms with Crippen molar-refractivity contribution in [2.45, 2.75) is 26.4 Å². The third-order valence-corrected chi connectivity index (χ3v) is 4.19. The summed E-state index contributed by atoms with van der Waals surface area (Å²) in [5.41, 5.74) is 0.979. The summed E-state index contributed by atoms with van der Waals surface area (Å²) in [7, 11) is 0. The van der Waals surface area contributed by atoms with Gasteiger partial charge in [-0.2, -0.15) is 5.10 Å². The van der Waals surface area contributed by atoms with E-state index < -0.39 is 0 Å². The van der Waals surface area contributed by atoms with Gasteiger partial charge in [-0.1, -0.05) is 6.92 Å². The Labute approximate surface area is 117 Å². The molecule has 1 saturated heterocycles. The van der Waals surface area contributed by atoms with Crippen molar-refractivity contribution in [3.63, 3.8) is 0 Å². The Morgan fingerprint density at radius 1 is 1.45 bits per heavy atom. The Balaban J connectivity index is 1.84. The molecule has 0 bridgehead atoms. The van der Waals surface area contributed by atoms with Crippen molar-refractivity contribution >= 4 is 16.6 Å². The number of quaternary nitrogens is 1. The third kappa shape index (κ3) is 2.51. The minimum atomic E-state index is -0.355. The van der Waals surface area contributed by atoms with Crippen LogP contribution in [0.3, 0.4) is 0 Å². The summed E-state index contributed by atoms with van der Waals surface area (Å²) in [6, 6.07) is 4.92. The van der Waals surface area contributed by atoms with E-state index in [1.165, 1.54) is 23.8 Å². The average molecular weight is 275 g/mol. The maximum atomic E-state index is 10.9. The highest BCUT2D eigenvalue weighted by Gasteiger charge is 2.20. The number of piperidine rings is 1. The average Bonchev–Trinajstić information content (AvgIpc) is 2.84. The number of likely N-dealkylation sites (tertiary alicyclic amines) is 1. The van der Waals surface area contributed by atoms with Crippen LogP contribution in [0, 0.1) is 16.0 Å². The van der Waals surface area contributed by atoms with Crippen molar-refractivity contribution < 1.29 is 9.82 Å².